The maximum Gasteiger partial charge on any atom is 0.414 e. The molecular weight excluding hydrogens is 233 g/mol. The molecule has 0 aromatic heterocycles. The van der Waals surface area contributed by atoms with E-state index in [0.717, 1.165) is 0 Å². The van der Waals surface area contributed by atoms with Crippen molar-refractivity contribution in [1.82, 2.24) is 10.6 Å². The summed E-state index contributed by atoms with van der Waals surface area (Å²) in [5, 5.41) is 6.07. The van der Waals surface area contributed by atoms with Gasteiger partial charge in [-0.15, -0.1) is 0 Å². The van der Waals surface area contributed by atoms with Gasteiger partial charge in [-0.2, -0.15) is 13.2 Å². The molecular formula is C11H19F3N2O. The predicted molar refractivity (Wildman–Crippen MR) is 59.6 cm³/mol. The van der Waals surface area contributed by atoms with Crippen LogP contribution in [0.25, 0.3) is 0 Å². The van der Waals surface area contributed by atoms with Crippen LogP contribution in [0, 0.1) is 5.92 Å². The van der Waals surface area contributed by atoms with Crippen LogP contribution in [-0.2, 0) is 4.74 Å². The van der Waals surface area contributed by atoms with Crippen LogP contribution in [0.4, 0.5) is 13.2 Å². The summed E-state index contributed by atoms with van der Waals surface area (Å²) in [6.07, 6.45) is -5.95. The van der Waals surface area contributed by atoms with Crippen molar-refractivity contribution in [3.05, 3.63) is 12.3 Å². The Kier molecular flexibility index (Phi) is 4.82. The van der Waals surface area contributed by atoms with Gasteiger partial charge in [0.2, 0.25) is 0 Å². The summed E-state index contributed by atoms with van der Waals surface area (Å²) < 4.78 is 41.9. The predicted octanol–water partition coefficient (Wildman–Crippen LogP) is 1.67. The van der Waals surface area contributed by atoms with Crippen LogP contribution in [0.2, 0.25) is 0 Å². The van der Waals surface area contributed by atoms with Gasteiger partial charge in [-0.3, -0.25) is 0 Å². The highest BCUT2D eigenvalue weighted by molar-refractivity contribution is 5.02. The van der Waals surface area contributed by atoms with E-state index in [2.05, 4.69) is 17.2 Å². The average Bonchev–Trinajstić information content (AvgIpc) is 2.74. The van der Waals surface area contributed by atoms with Gasteiger partial charge in [-0.25, -0.2) is 0 Å². The van der Waals surface area contributed by atoms with E-state index in [1.165, 1.54) is 0 Å². The highest BCUT2D eigenvalue weighted by Crippen LogP contribution is 2.34. The van der Waals surface area contributed by atoms with Crippen LogP contribution >= 0.6 is 0 Å². The van der Waals surface area contributed by atoms with Gasteiger partial charge in [-0.05, 0) is 20.4 Å². The SMILES string of the molecule is C=C(NCC(C)NC)C1COC(C(F)(F)F)C1. The van der Waals surface area contributed by atoms with Crippen molar-refractivity contribution >= 4 is 0 Å². The van der Waals surface area contributed by atoms with Crippen molar-refractivity contribution < 1.29 is 17.9 Å². The summed E-state index contributed by atoms with van der Waals surface area (Å²) in [4.78, 5) is 0. The second kappa shape index (κ2) is 5.73. The zero-order chi connectivity index (χ0) is 13.1. The fourth-order valence-corrected chi connectivity index (χ4v) is 1.63. The highest BCUT2D eigenvalue weighted by atomic mass is 19.4. The first kappa shape index (κ1) is 14.3. The van der Waals surface area contributed by atoms with Gasteiger partial charge in [0.1, 0.15) is 0 Å². The Balaban J connectivity index is 2.36. The van der Waals surface area contributed by atoms with Gasteiger partial charge in [-0.1, -0.05) is 6.58 Å². The topological polar surface area (TPSA) is 33.3 Å². The number of likely N-dealkylation sites (N-methyl/N-ethyl adjacent to an activating group) is 1. The molecule has 0 amide bonds. The molecule has 0 aliphatic carbocycles. The third kappa shape index (κ3) is 4.20. The normalized spacial score (nSPS) is 26.9. The van der Waals surface area contributed by atoms with Crippen molar-refractivity contribution in [3.8, 4) is 0 Å². The molecule has 6 heteroatoms. The van der Waals surface area contributed by atoms with Crippen LogP contribution in [0.5, 0.6) is 0 Å². The number of hydrogen-bond donors (Lipinski definition) is 2. The molecule has 3 unspecified atom stereocenters. The van der Waals surface area contributed by atoms with E-state index in [9.17, 15) is 13.2 Å². The summed E-state index contributed by atoms with van der Waals surface area (Å²) in [6, 6.07) is 0.243. The molecule has 1 heterocycles. The van der Waals surface area contributed by atoms with Crippen LogP contribution in [0.1, 0.15) is 13.3 Å². The Morgan fingerprint density at radius 2 is 2.18 bits per heavy atom. The van der Waals surface area contributed by atoms with Crippen LogP contribution < -0.4 is 10.6 Å². The largest absolute Gasteiger partial charge is 0.414 e. The lowest BCUT2D eigenvalue weighted by atomic mass is 10.0. The molecule has 1 rings (SSSR count). The molecule has 1 fully saturated rings. The minimum atomic E-state index is -4.27. The number of alkyl halides is 3. The maximum atomic E-state index is 12.4. The third-order valence-electron chi connectivity index (χ3n) is 2.98. The Labute approximate surface area is 99.4 Å². The molecule has 1 aliphatic heterocycles. The molecule has 2 N–H and O–H groups in total. The van der Waals surface area contributed by atoms with Gasteiger partial charge in [0.05, 0.1) is 6.61 Å². The summed E-state index contributed by atoms with van der Waals surface area (Å²) in [7, 11) is 1.83. The zero-order valence-corrected chi connectivity index (χ0v) is 10.1. The van der Waals surface area contributed by atoms with E-state index in [4.69, 9.17) is 4.74 Å². The molecule has 1 aliphatic rings. The van der Waals surface area contributed by atoms with E-state index in [1.54, 1.807) is 0 Å². The highest BCUT2D eigenvalue weighted by Gasteiger charge is 2.46. The average molecular weight is 252 g/mol. The van der Waals surface area contributed by atoms with Gasteiger partial charge in [0, 0.05) is 24.2 Å². The van der Waals surface area contributed by atoms with Crippen molar-refractivity contribution in [2.45, 2.75) is 31.7 Å². The summed E-state index contributed by atoms with van der Waals surface area (Å²) >= 11 is 0. The van der Waals surface area contributed by atoms with Crippen molar-refractivity contribution in [3.63, 3.8) is 0 Å². The smallest absolute Gasteiger partial charge is 0.387 e. The van der Waals surface area contributed by atoms with Crippen LogP contribution in [0.3, 0.4) is 0 Å². The zero-order valence-electron chi connectivity index (χ0n) is 10.1. The fourth-order valence-electron chi connectivity index (χ4n) is 1.63. The maximum absolute atomic E-state index is 12.4. The second-order valence-electron chi connectivity index (χ2n) is 4.39. The van der Waals surface area contributed by atoms with E-state index in [0.29, 0.717) is 12.2 Å². The Bertz CT molecular complexity index is 268. The molecule has 3 nitrogen and oxygen atoms in total. The third-order valence-corrected chi connectivity index (χ3v) is 2.98. The molecule has 0 spiro atoms. The summed E-state index contributed by atoms with van der Waals surface area (Å²) in [5.74, 6) is -0.259. The van der Waals surface area contributed by atoms with Gasteiger partial charge < -0.3 is 15.4 Å². The quantitative estimate of drug-likeness (QED) is 0.781. The lowest BCUT2D eigenvalue weighted by Crippen LogP contribution is -2.35. The standard InChI is InChI=1S/C11H19F3N2O/c1-7(15-3)5-16-8(2)9-4-10(17-6-9)11(12,13)14/h7,9-10,15-16H,2,4-6H2,1,3H3. The molecule has 0 bridgehead atoms. The van der Waals surface area contributed by atoms with Gasteiger partial charge >= 0.3 is 6.18 Å². The minimum absolute atomic E-state index is 0.0384. The molecule has 0 aromatic rings. The summed E-state index contributed by atoms with van der Waals surface area (Å²) in [6.45, 7) is 6.48. The number of rotatable bonds is 5. The first-order valence-corrected chi connectivity index (χ1v) is 5.62. The molecule has 100 valence electrons. The fraction of sp³-hybridized carbons (Fsp3) is 0.818. The molecule has 17 heavy (non-hydrogen) atoms. The minimum Gasteiger partial charge on any atom is -0.387 e. The monoisotopic (exact) mass is 252 g/mol. The number of halogens is 3. The van der Waals surface area contributed by atoms with Crippen LogP contribution in [0.15, 0.2) is 12.3 Å². The molecule has 3 atom stereocenters. The Morgan fingerprint density at radius 3 is 2.65 bits per heavy atom. The van der Waals surface area contributed by atoms with Crippen molar-refractivity contribution in [2.75, 3.05) is 20.2 Å². The van der Waals surface area contributed by atoms with E-state index >= 15 is 0 Å². The number of hydrogen-bond acceptors (Lipinski definition) is 3. The summed E-state index contributed by atoms with van der Waals surface area (Å²) in [5.41, 5.74) is 0.624. The Morgan fingerprint density at radius 1 is 1.53 bits per heavy atom. The molecule has 1 saturated heterocycles. The Hall–Kier alpha value is -0.750. The second-order valence-corrected chi connectivity index (χ2v) is 4.39. The molecule has 0 aromatic carbocycles. The number of nitrogens with one attached hydrogen (secondary N) is 2. The van der Waals surface area contributed by atoms with E-state index in [-0.39, 0.29) is 25.0 Å². The number of ether oxygens (including phenoxy) is 1. The molecule has 0 radical (unpaired) electrons. The molecule has 0 saturated carbocycles. The van der Waals surface area contributed by atoms with Crippen molar-refractivity contribution in [1.29, 1.82) is 0 Å². The van der Waals surface area contributed by atoms with E-state index < -0.39 is 12.3 Å². The van der Waals surface area contributed by atoms with Gasteiger partial charge in [0.25, 0.3) is 0 Å². The van der Waals surface area contributed by atoms with Crippen molar-refractivity contribution in [2.24, 2.45) is 5.92 Å². The van der Waals surface area contributed by atoms with Gasteiger partial charge in [0.15, 0.2) is 6.10 Å². The lowest BCUT2D eigenvalue weighted by Gasteiger charge is -2.18. The first-order valence-electron chi connectivity index (χ1n) is 5.62. The first-order chi connectivity index (χ1) is 7.84. The lowest BCUT2D eigenvalue weighted by molar-refractivity contribution is -0.206. The van der Waals surface area contributed by atoms with E-state index in [1.807, 2.05) is 14.0 Å². The van der Waals surface area contributed by atoms with Crippen LogP contribution in [-0.4, -0.2) is 38.5 Å².